The maximum absolute atomic E-state index is 5.38. The average molecular weight is 429 g/mol. The van der Waals surface area contributed by atoms with E-state index >= 15 is 0 Å². The van der Waals surface area contributed by atoms with Gasteiger partial charge in [-0.15, -0.1) is 0 Å². The molecule has 0 fully saturated rings. The lowest BCUT2D eigenvalue weighted by Crippen LogP contribution is -2.45. The molecule has 0 amide bonds. The fourth-order valence-electron chi connectivity index (χ4n) is 2.85. The van der Waals surface area contributed by atoms with Gasteiger partial charge in [0.05, 0.1) is 14.2 Å². The number of hydrogen-bond donors (Lipinski definition) is 2. The summed E-state index contributed by atoms with van der Waals surface area (Å²) in [5, 5.41) is 6.72. The molecule has 1 rings (SSSR count). The summed E-state index contributed by atoms with van der Waals surface area (Å²) >= 11 is 3.58. The first-order valence-corrected chi connectivity index (χ1v) is 9.73. The maximum atomic E-state index is 5.38. The normalized spacial score (nSPS) is 12.0. The Bertz CT molecular complexity index is 583. The van der Waals surface area contributed by atoms with Crippen molar-refractivity contribution in [2.75, 3.05) is 34.4 Å². The number of rotatable bonds is 9. The number of halogens is 1. The van der Waals surface area contributed by atoms with Crippen LogP contribution in [0, 0.1) is 0 Å². The molecular weight excluding hydrogens is 396 g/mol. The summed E-state index contributed by atoms with van der Waals surface area (Å²) < 4.78 is 11.7. The van der Waals surface area contributed by atoms with Gasteiger partial charge >= 0.3 is 0 Å². The Kier molecular flexibility index (Phi) is 9.80. The molecule has 0 aliphatic rings. The summed E-state index contributed by atoms with van der Waals surface area (Å²) in [6.07, 6.45) is 0. The van der Waals surface area contributed by atoms with E-state index in [2.05, 4.69) is 64.2 Å². The standard InChI is InChI=1S/C19H33BrN4O2/c1-13(2)24(14(3)4)9-8-22-19(21-5)23-12-15-10-17(25-6)18(26-7)11-16(15)20/h10-11,13-14H,8-9,12H2,1-7H3,(H2,21,22,23). The van der Waals surface area contributed by atoms with E-state index in [0.29, 0.717) is 30.1 Å². The molecule has 0 bridgehead atoms. The SMILES string of the molecule is CN=C(NCCN(C(C)C)C(C)C)NCc1cc(OC)c(OC)cc1Br. The molecule has 2 N–H and O–H groups in total. The second-order valence-corrected chi connectivity index (χ2v) is 7.43. The summed E-state index contributed by atoms with van der Waals surface area (Å²) in [5.41, 5.74) is 1.07. The highest BCUT2D eigenvalue weighted by atomic mass is 79.9. The molecule has 1 aromatic rings. The predicted octanol–water partition coefficient (Wildman–Crippen LogP) is 3.25. The highest BCUT2D eigenvalue weighted by Gasteiger charge is 2.13. The van der Waals surface area contributed by atoms with Crippen LogP contribution in [-0.2, 0) is 6.54 Å². The number of ether oxygens (including phenoxy) is 2. The van der Waals surface area contributed by atoms with Crippen molar-refractivity contribution in [2.45, 2.75) is 46.3 Å². The van der Waals surface area contributed by atoms with E-state index in [-0.39, 0.29) is 0 Å². The Morgan fingerprint density at radius 2 is 1.65 bits per heavy atom. The first kappa shape index (κ1) is 22.6. The van der Waals surface area contributed by atoms with Crippen LogP contribution in [0.3, 0.4) is 0 Å². The molecule has 6 nitrogen and oxygen atoms in total. The van der Waals surface area contributed by atoms with Crippen LogP contribution in [0.4, 0.5) is 0 Å². The van der Waals surface area contributed by atoms with Crippen molar-refractivity contribution in [3.8, 4) is 11.5 Å². The van der Waals surface area contributed by atoms with Crippen LogP contribution < -0.4 is 20.1 Å². The lowest BCUT2D eigenvalue weighted by atomic mass is 10.2. The van der Waals surface area contributed by atoms with Gasteiger partial charge in [0, 0.05) is 43.2 Å². The van der Waals surface area contributed by atoms with Gasteiger partial charge in [-0.1, -0.05) is 15.9 Å². The zero-order valence-corrected chi connectivity index (χ0v) is 18.6. The van der Waals surface area contributed by atoms with Crippen molar-refractivity contribution in [3.63, 3.8) is 0 Å². The Labute approximate surface area is 166 Å². The van der Waals surface area contributed by atoms with Gasteiger partial charge in [-0.3, -0.25) is 9.89 Å². The third-order valence-corrected chi connectivity index (χ3v) is 4.95. The summed E-state index contributed by atoms with van der Waals surface area (Å²) in [6.45, 7) is 11.3. The minimum Gasteiger partial charge on any atom is -0.493 e. The molecule has 0 saturated carbocycles. The van der Waals surface area contributed by atoms with Gasteiger partial charge in [-0.2, -0.15) is 0 Å². The molecule has 0 radical (unpaired) electrons. The Morgan fingerprint density at radius 1 is 1.08 bits per heavy atom. The van der Waals surface area contributed by atoms with E-state index in [4.69, 9.17) is 9.47 Å². The number of benzene rings is 1. The third-order valence-electron chi connectivity index (χ3n) is 4.21. The van der Waals surface area contributed by atoms with Crippen LogP contribution in [0.1, 0.15) is 33.3 Å². The first-order chi connectivity index (χ1) is 12.3. The van der Waals surface area contributed by atoms with E-state index in [1.165, 1.54) is 0 Å². The predicted molar refractivity (Wildman–Crippen MR) is 112 cm³/mol. The molecule has 7 heteroatoms. The van der Waals surface area contributed by atoms with Crippen molar-refractivity contribution in [2.24, 2.45) is 4.99 Å². The van der Waals surface area contributed by atoms with E-state index in [9.17, 15) is 0 Å². The highest BCUT2D eigenvalue weighted by molar-refractivity contribution is 9.10. The highest BCUT2D eigenvalue weighted by Crippen LogP contribution is 2.33. The molecule has 148 valence electrons. The molecular formula is C19H33BrN4O2. The summed E-state index contributed by atoms with van der Waals surface area (Å²) in [4.78, 5) is 6.75. The molecule has 0 aliphatic carbocycles. The minimum absolute atomic E-state index is 0.523. The Hall–Kier alpha value is -1.47. The molecule has 0 atom stereocenters. The molecule has 0 heterocycles. The van der Waals surface area contributed by atoms with E-state index < -0.39 is 0 Å². The maximum Gasteiger partial charge on any atom is 0.191 e. The van der Waals surface area contributed by atoms with Gasteiger partial charge in [-0.25, -0.2) is 0 Å². The Balaban J connectivity index is 2.62. The topological polar surface area (TPSA) is 58.1 Å². The zero-order chi connectivity index (χ0) is 19.7. The summed E-state index contributed by atoms with van der Waals surface area (Å²) in [7, 11) is 5.05. The van der Waals surface area contributed by atoms with Gasteiger partial charge in [0.1, 0.15) is 0 Å². The zero-order valence-electron chi connectivity index (χ0n) is 17.0. The molecule has 1 aromatic carbocycles. The second-order valence-electron chi connectivity index (χ2n) is 6.58. The number of nitrogens with zero attached hydrogens (tertiary/aromatic N) is 2. The van der Waals surface area contributed by atoms with E-state index in [0.717, 1.165) is 29.1 Å². The van der Waals surface area contributed by atoms with Crippen molar-refractivity contribution in [1.29, 1.82) is 0 Å². The van der Waals surface area contributed by atoms with E-state index in [1.54, 1.807) is 21.3 Å². The van der Waals surface area contributed by atoms with Crippen molar-refractivity contribution < 1.29 is 9.47 Å². The van der Waals surface area contributed by atoms with Crippen LogP contribution in [0.25, 0.3) is 0 Å². The molecule has 0 aromatic heterocycles. The minimum atomic E-state index is 0.523. The largest absolute Gasteiger partial charge is 0.493 e. The smallest absolute Gasteiger partial charge is 0.191 e. The van der Waals surface area contributed by atoms with Gasteiger partial charge < -0.3 is 20.1 Å². The molecule has 0 spiro atoms. The lowest BCUT2D eigenvalue weighted by Gasteiger charge is -2.30. The molecule has 0 aliphatic heterocycles. The lowest BCUT2D eigenvalue weighted by molar-refractivity contribution is 0.178. The molecule has 26 heavy (non-hydrogen) atoms. The fraction of sp³-hybridized carbons (Fsp3) is 0.632. The van der Waals surface area contributed by atoms with Gasteiger partial charge in [0.2, 0.25) is 0 Å². The van der Waals surface area contributed by atoms with Crippen LogP contribution >= 0.6 is 15.9 Å². The number of aliphatic imine (C=N–C) groups is 1. The van der Waals surface area contributed by atoms with Crippen LogP contribution in [0.15, 0.2) is 21.6 Å². The van der Waals surface area contributed by atoms with Gasteiger partial charge in [0.25, 0.3) is 0 Å². The van der Waals surface area contributed by atoms with Gasteiger partial charge in [0.15, 0.2) is 17.5 Å². The quantitative estimate of drug-likeness (QED) is 0.466. The first-order valence-electron chi connectivity index (χ1n) is 8.94. The van der Waals surface area contributed by atoms with Crippen LogP contribution in [0.2, 0.25) is 0 Å². The van der Waals surface area contributed by atoms with Crippen molar-refractivity contribution >= 4 is 21.9 Å². The number of hydrogen-bond acceptors (Lipinski definition) is 4. The monoisotopic (exact) mass is 428 g/mol. The van der Waals surface area contributed by atoms with Gasteiger partial charge in [-0.05, 0) is 45.4 Å². The molecule has 0 unspecified atom stereocenters. The average Bonchev–Trinajstić information content (AvgIpc) is 2.60. The summed E-state index contributed by atoms with van der Waals surface area (Å²) in [6, 6.07) is 4.92. The van der Waals surface area contributed by atoms with E-state index in [1.807, 2.05) is 12.1 Å². The fourth-order valence-corrected chi connectivity index (χ4v) is 3.31. The summed E-state index contributed by atoms with van der Waals surface area (Å²) in [5.74, 6) is 2.19. The van der Waals surface area contributed by atoms with Crippen LogP contribution in [0.5, 0.6) is 11.5 Å². The van der Waals surface area contributed by atoms with Crippen LogP contribution in [-0.4, -0.2) is 57.3 Å². The third kappa shape index (κ3) is 6.68. The van der Waals surface area contributed by atoms with Crippen molar-refractivity contribution in [3.05, 3.63) is 22.2 Å². The Morgan fingerprint density at radius 3 is 2.15 bits per heavy atom. The number of nitrogens with one attached hydrogen (secondary N) is 2. The number of guanidine groups is 1. The number of methoxy groups -OCH3 is 2. The van der Waals surface area contributed by atoms with Crippen molar-refractivity contribution in [1.82, 2.24) is 15.5 Å². The molecule has 0 saturated heterocycles. The second kappa shape index (κ2) is 11.3.